The fourth-order valence-corrected chi connectivity index (χ4v) is 8.40. The van der Waals surface area contributed by atoms with Crippen molar-refractivity contribution >= 4 is 66.8 Å². The van der Waals surface area contributed by atoms with Crippen LogP contribution in [0, 0.1) is 3.57 Å². The molecule has 0 unspecified atom stereocenters. The monoisotopic (exact) mass is 790 g/mol. The number of aliphatic imine (C=N–C) groups is 1. The van der Waals surface area contributed by atoms with Crippen molar-refractivity contribution in [3.63, 3.8) is 0 Å². The Kier molecular flexibility index (Phi) is 8.78. The van der Waals surface area contributed by atoms with Crippen molar-refractivity contribution in [1.29, 1.82) is 0 Å². The normalized spacial score (nSPS) is 11.9. The van der Waals surface area contributed by atoms with Crippen molar-refractivity contribution in [2.75, 3.05) is 0 Å². The second-order valence-electron chi connectivity index (χ2n) is 13.8. The van der Waals surface area contributed by atoms with Gasteiger partial charge in [0.2, 0.25) is 0 Å². The second kappa shape index (κ2) is 13.5. The molecule has 248 valence electrons. The van der Waals surface area contributed by atoms with Crippen LogP contribution >= 0.6 is 33.9 Å². The Hall–Kier alpha value is -5.11. The molecular weight excluding hydrogens is 755 g/mol. The average Bonchev–Trinajstić information content (AvgIpc) is 3.59. The fourth-order valence-electron chi connectivity index (χ4n) is 6.68. The van der Waals surface area contributed by atoms with Gasteiger partial charge >= 0.3 is 0 Å². The summed E-state index contributed by atoms with van der Waals surface area (Å²) < 4.78 is 2.17. The van der Waals surface area contributed by atoms with Crippen molar-refractivity contribution in [3.8, 4) is 49.7 Å². The molecule has 0 amide bonds. The zero-order chi connectivity index (χ0) is 35.1. The summed E-state index contributed by atoms with van der Waals surface area (Å²) in [4.78, 5) is 10.3. The van der Waals surface area contributed by atoms with E-state index in [-0.39, 0.29) is 11.2 Å². The Bertz CT molecular complexity index is 2590. The molecule has 0 saturated heterocycles. The maximum atomic E-state index is 11.2. The first-order valence-corrected chi connectivity index (χ1v) is 18.9. The van der Waals surface area contributed by atoms with Crippen molar-refractivity contribution in [3.05, 3.63) is 160 Å². The zero-order valence-electron chi connectivity index (χ0n) is 28.6. The van der Waals surface area contributed by atoms with Gasteiger partial charge in [0.05, 0.1) is 15.9 Å². The van der Waals surface area contributed by atoms with Crippen LogP contribution in [0.3, 0.4) is 0 Å². The van der Waals surface area contributed by atoms with Gasteiger partial charge in [0.15, 0.2) is 0 Å². The lowest BCUT2D eigenvalue weighted by molar-refractivity contribution is 0.445. The summed E-state index contributed by atoms with van der Waals surface area (Å²) in [6, 6.07) is 51.1. The van der Waals surface area contributed by atoms with Gasteiger partial charge in [-0.15, -0.1) is 11.3 Å². The van der Waals surface area contributed by atoms with Gasteiger partial charge in [-0.05, 0) is 109 Å². The van der Waals surface area contributed by atoms with E-state index in [1.807, 2.05) is 30.3 Å². The minimum Gasteiger partial charge on any atom is -0.507 e. The summed E-state index contributed by atoms with van der Waals surface area (Å²) in [5.41, 5.74) is 11.1. The molecule has 5 heteroatoms. The van der Waals surface area contributed by atoms with Gasteiger partial charge in [0.25, 0.3) is 0 Å². The lowest BCUT2D eigenvalue weighted by Crippen LogP contribution is -2.12. The predicted molar refractivity (Wildman–Crippen MR) is 226 cm³/mol. The molecule has 8 aromatic rings. The molecule has 0 radical (unpaired) electrons. The smallest absolute Gasteiger partial charge is 0.128 e. The number of rotatable bonds is 6. The molecule has 1 aromatic heterocycles. The van der Waals surface area contributed by atoms with Crippen molar-refractivity contribution in [2.24, 2.45) is 4.99 Å². The molecule has 0 atom stereocenters. The number of thiazole rings is 1. The van der Waals surface area contributed by atoms with E-state index in [1.165, 1.54) is 21.9 Å². The first-order chi connectivity index (χ1) is 24.7. The van der Waals surface area contributed by atoms with Crippen LogP contribution in [0.15, 0.2) is 151 Å². The molecule has 0 spiro atoms. The topological polar surface area (TPSA) is 45.5 Å². The number of aromatic hydroxyl groups is 1. The highest BCUT2D eigenvalue weighted by molar-refractivity contribution is 14.1. The number of hydrogen-bond acceptors (Lipinski definition) is 4. The molecule has 0 aliphatic carbocycles. The molecule has 0 saturated carbocycles. The summed E-state index contributed by atoms with van der Waals surface area (Å²) in [5, 5.41) is 14.5. The minimum absolute atomic E-state index is 0.198. The molecule has 0 bridgehead atoms. The number of nitrogens with zero attached hydrogens (tertiary/aromatic N) is 2. The van der Waals surface area contributed by atoms with Gasteiger partial charge in [-0.3, -0.25) is 4.99 Å². The highest BCUT2D eigenvalue weighted by Gasteiger charge is 2.21. The van der Waals surface area contributed by atoms with Crippen LogP contribution in [0.2, 0.25) is 0 Å². The Morgan fingerprint density at radius 3 is 2.14 bits per heavy atom. The Morgan fingerprint density at radius 2 is 1.31 bits per heavy atom. The fraction of sp³-hybridized carbons (Fsp3) is 0.0870. The molecular formula is C46H35IN2OS. The molecule has 0 aliphatic rings. The summed E-state index contributed by atoms with van der Waals surface area (Å²) >= 11 is 3.99. The van der Waals surface area contributed by atoms with E-state index < -0.39 is 0 Å². The Morgan fingerprint density at radius 1 is 0.647 bits per heavy atom. The largest absolute Gasteiger partial charge is 0.507 e. The van der Waals surface area contributed by atoms with Crippen LogP contribution in [-0.2, 0) is 5.41 Å². The molecule has 7 aromatic carbocycles. The first-order valence-electron chi connectivity index (χ1n) is 17.0. The Balaban J connectivity index is 1.29. The predicted octanol–water partition coefficient (Wildman–Crippen LogP) is 13.5. The number of hydrogen-bond donors (Lipinski definition) is 1. The van der Waals surface area contributed by atoms with Gasteiger partial charge in [-0.1, -0.05) is 124 Å². The van der Waals surface area contributed by atoms with E-state index in [0.29, 0.717) is 5.56 Å². The van der Waals surface area contributed by atoms with E-state index in [4.69, 9.17) is 9.98 Å². The van der Waals surface area contributed by atoms with Gasteiger partial charge < -0.3 is 5.11 Å². The van der Waals surface area contributed by atoms with Crippen molar-refractivity contribution in [2.45, 2.75) is 26.2 Å². The van der Waals surface area contributed by atoms with E-state index in [9.17, 15) is 5.11 Å². The highest BCUT2D eigenvalue weighted by atomic mass is 127. The third-order valence-corrected chi connectivity index (χ3v) is 10.9. The number of aromatic nitrogens is 1. The van der Waals surface area contributed by atoms with Crippen LogP contribution in [0.4, 0.5) is 5.69 Å². The Labute approximate surface area is 316 Å². The van der Waals surface area contributed by atoms with Crippen LogP contribution in [-0.4, -0.2) is 16.3 Å². The zero-order valence-corrected chi connectivity index (χ0v) is 31.5. The molecule has 0 fully saturated rings. The number of para-hydroxylation sites is 1. The van der Waals surface area contributed by atoms with Gasteiger partial charge in [0, 0.05) is 32.0 Å². The van der Waals surface area contributed by atoms with Gasteiger partial charge in [-0.25, -0.2) is 4.98 Å². The first kappa shape index (κ1) is 33.1. The molecule has 1 heterocycles. The summed E-state index contributed by atoms with van der Waals surface area (Å²) in [6.45, 7) is 6.33. The number of phenols is 1. The minimum atomic E-state index is -0.198. The van der Waals surface area contributed by atoms with E-state index in [2.05, 4.69) is 159 Å². The molecule has 0 aliphatic heterocycles. The molecule has 51 heavy (non-hydrogen) atoms. The quantitative estimate of drug-likeness (QED) is 0.135. The van der Waals surface area contributed by atoms with Crippen LogP contribution in [0.5, 0.6) is 5.75 Å². The molecule has 1 N–H and O–H groups in total. The lowest BCUT2D eigenvalue weighted by Gasteiger charge is -2.21. The molecule has 3 nitrogen and oxygen atoms in total. The number of halogens is 1. The van der Waals surface area contributed by atoms with E-state index >= 15 is 0 Å². The number of fused-ring (bicyclic) bond motifs is 2. The molecule has 8 rings (SSSR count). The summed E-state index contributed by atoms with van der Waals surface area (Å²) in [7, 11) is 0. The SMILES string of the molecule is CC(C)(C)c1cc(I)cc(C=Nc2ccccc2-c2nc3c(-c4cccc5ccccc45)cc(-c4cccc(-c5ccccc5)c4)cc3s2)c1O. The van der Waals surface area contributed by atoms with Crippen molar-refractivity contribution < 1.29 is 5.11 Å². The maximum absolute atomic E-state index is 11.2. The number of benzene rings is 7. The van der Waals surface area contributed by atoms with Crippen LogP contribution < -0.4 is 0 Å². The van der Waals surface area contributed by atoms with E-state index in [1.54, 1.807) is 17.6 Å². The highest BCUT2D eigenvalue weighted by Crippen LogP contribution is 2.43. The third-order valence-electron chi connectivity index (χ3n) is 9.27. The summed E-state index contributed by atoms with van der Waals surface area (Å²) in [5.74, 6) is 0.271. The average molecular weight is 791 g/mol. The van der Waals surface area contributed by atoms with Gasteiger partial charge in [0.1, 0.15) is 10.8 Å². The lowest BCUT2D eigenvalue weighted by atomic mass is 9.85. The third kappa shape index (κ3) is 6.60. The maximum Gasteiger partial charge on any atom is 0.128 e. The van der Waals surface area contributed by atoms with Crippen LogP contribution in [0.1, 0.15) is 31.9 Å². The van der Waals surface area contributed by atoms with E-state index in [0.717, 1.165) is 57.9 Å². The second-order valence-corrected chi connectivity index (χ2v) is 16.1. The number of phenolic OH excluding ortho intramolecular Hbond substituents is 1. The standard InChI is InChI=1S/C46H35IN2OS/c1-46(2,3)40-27-35(47)24-34(44(40)50)28-48-41-22-10-9-20-38(41)45-49-43-39(37-21-12-16-30-15-7-8-19-36(30)37)25-33(26-42(43)51-45)32-18-11-17-31(23-32)29-13-5-4-6-14-29/h4-28,50H,1-3H3. The van der Waals surface area contributed by atoms with Crippen molar-refractivity contribution in [1.82, 2.24) is 4.98 Å². The van der Waals surface area contributed by atoms with Gasteiger partial charge in [-0.2, -0.15) is 0 Å². The van der Waals surface area contributed by atoms with Crippen LogP contribution in [0.25, 0.3) is 64.9 Å². The summed E-state index contributed by atoms with van der Waals surface area (Å²) in [6.07, 6.45) is 1.78.